The number of rotatable bonds is 3. The maximum atomic E-state index is 10.7. The highest BCUT2D eigenvalue weighted by atomic mass is 35.6. The third-order valence-electron chi connectivity index (χ3n) is 0.817. The Morgan fingerprint density at radius 1 is 1.38 bits per heavy atom. The minimum Gasteiger partial charge on any atom is -0.481 e. The molecule has 0 unspecified atom stereocenters. The molecule has 0 aliphatic carbocycles. The number of carbonyl (C=O) groups is 2. The lowest BCUT2D eigenvalue weighted by molar-refractivity contribution is -0.136. The zero-order chi connectivity index (χ0) is 10.5. The summed E-state index contributed by atoms with van der Waals surface area (Å²) in [5.74, 6) is -1.05. The number of aliphatic carboxylic acids is 1. The van der Waals surface area contributed by atoms with Crippen molar-refractivity contribution >= 4 is 46.9 Å². The van der Waals surface area contributed by atoms with Crippen molar-refractivity contribution in [1.29, 1.82) is 0 Å². The van der Waals surface area contributed by atoms with Crippen molar-refractivity contribution in [1.82, 2.24) is 5.32 Å². The third kappa shape index (κ3) is 9.52. The predicted molar refractivity (Wildman–Crippen MR) is 47.0 cm³/mol. The first-order valence-corrected chi connectivity index (χ1v) is 4.20. The summed E-state index contributed by atoms with van der Waals surface area (Å²) in [6.07, 6.45) is -1.21. The zero-order valence-electron chi connectivity index (χ0n) is 6.22. The molecule has 0 aliphatic heterocycles. The first-order valence-electron chi connectivity index (χ1n) is 3.06. The van der Waals surface area contributed by atoms with Gasteiger partial charge in [-0.15, -0.1) is 0 Å². The summed E-state index contributed by atoms with van der Waals surface area (Å²) in [7, 11) is 0. The lowest BCUT2D eigenvalue weighted by Crippen LogP contribution is -2.30. The number of hydrogen-bond acceptors (Lipinski definition) is 3. The molecule has 0 aliphatic rings. The molecule has 0 aromatic heterocycles. The molecule has 2 N–H and O–H groups in total. The van der Waals surface area contributed by atoms with Crippen LogP contribution >= 0.6 is 34.8 Å². The van der Waals surface area contributed by atoms with Gasteiger partial charge in [0.2, 0.25) is 0 Å². The van der Waals surface area contributed by atoms with Crippen LogP contribution in [-0.4, -0.2) is 27.7 Å². The summed E-state index contributed by atoms with van der Waals surface area (Å²) in [5, 5.41) is 10.3. The number of carboxylic acid groups (broad SMARTS) is 1. The van der Waals surface area contributed by atoms with Gasteiger partial charge in [-0.05, 0) is 34.8 Å². The predicted octanol–water partition coefficient (Wildman–Crippen LogP) is 1.52. The Morgan fingerprint density at radius 2 is 1.92 bits per heavy atom. The third-order valence-corrected chi connectivity index (χ3v) is 1.05. The van der Waals surface area contributed by atoms with Crippen molar-refractivity contribution in [2.24, 2.45) is 0 Å². The number of amides is 1. The van der Waals surface area contributed by atoms with Crippen LogP contribution in [0.2, 0.25) is 0 Å². The van der Waals surface area contributed by atoms with Gasteiger partial charge in [0.15, 0.2) is 0 Å². The van der Waals surface area contributed by atoms with Crippen LogP contribution in [0.25, 0.3) is 0 Å². The average Bonchev–Trinajstić information content (AvgIpc) is 1.81. The molecule has 0 heterocycles. The van der Waals surface area contributed by atoms with Gasteiger partial charge in [0.25, 0.3) is 0 Å². The molecule has 76 valence electrons. The molecule has 5 nitrogen and oxygen atoms in total. The maximum absolute atomic E-state index is 10.7. The zero-order valence-corrected chi connectivity index (χ0v) is 8.49. The number of hydrogen-bond donors (Lipinski definition) is 2. The summed E-state index contributed by atoms with van der Waals surface area (Å²) in [4.78, 5) is 20.7. The highest BCUT2D eigenvalue weighted by molar-refractivity contribution is 6.66. The summed E-state index contributed by atoms with van der Waals surface area (Å²) >= 11 is 15.3. The number of carbonyl (C=O) groups excluding carboxylic acids is 1. The van der Waals surface area contributed by atoms with Crippen LogP contribution in [0, 0.1) is 0 Å². The molecule has 0 radical (unpaired) electrons. The molecule has 0 saturated carbocycles. The van der Waals surface area contributed by atoms with Crippen LogP contribution in [0.3, 0.4) is 0 Å². The van der Waals surface area contributed by atoms with Crippen LogP contribution in [0.4, 0.5) is 4.79 Å². The normalized spacial score (nSPS) is 10.7. The largest absolute Gasteiger partial charge is 0.481 e. The van der Waals surface area contributed by atoms with Gasteiger partial charge in [0.1, 0.15) is 0 Å². The van der Waals surface area contributed by atoms with Gasteiger partial charge in [0, 0.05) is 6.54 Å². The smallest absolute Gasteiger partial charge is 0.410 e. The molecular weight excluding hydrogens is 244 g/mol. The number of alkyl carbamates (subject to hydrolysis) is 1. The first-order chi connectivity index (χ1) is 5.81. The first kappa shape index (κ1) is 12.6. The van der Waals surface area contributed by atoms with Crippen LogP contribution in [0.1, 0.15) is 6.42 Å². The Balaban J connectivity index is 3.59. The van der Waals surface area contributed by atoms with Gasteiger partial charge in [-0.3, -0.25) is 4.79 Å². The van der Waals surface area contributed by atoms with Crippen LogP contribution in [0.15, 0.2) is 0 Å². The second-order valence-electron chi connectivity index (χ2n) is 1.91. The van der Waals surface area contributed by atoms with Gasteiger partial charge in [-0.2, -0.15) is 0 Å². The van der Waals surface area contributed by atoms with Crippen molar-refractivity contribution in [3.63, 3.8) is 0 Å². The Hall–Kier alpha value is -0.390. The molecule has 0 rings (SSSR count). The fourth-order valence-electron chi connectivity index (χ4n) is 0.413. The van der Waals surface area contributed by atoms with E-state index in [4.69, 9.17) is 39.9 Å². The summed E-state index contributed by atoms with van der Waals surface area (Å²) in [6, 6.07) is 0. The van der Waals surface area contributed by atoms with Gasteiger partial charge in [-0.25, -0.2) is 4.79 Å². The molecule has 0 atom stereocenters. The Morgan fingerprint density at radius 3 is 2.31 bits per heavy atom. The quantitative estimate of drug-likeness (QED) is 0.745. The van der Waals surface area contributed by atoms with Crippen molar-refractivity contribution in [3.8, 4) is 0 Å². The average molecular weight is 250 g/mol. The van der Waals surface area contributed by atoms with E-state index in [9.17, 15) is 9.59 Å². The standard InChI is InChI=1S/C5H6Cl3NO4/c6-5(7,8)13-4(12)9-2-1-3(10)11/h1-2H2,(H,9,12)(H,10,11). The van der Waals surface area contributed by atoms with E-state index in [-0.39, 0.29) is 13.0 Å². The second-order valence-corrected chi connectivity index (χ2v) is 4.08. The fourth-order valence-corrected chi connectivity index (χ4v) is 0.623. The minimum absolute atomic E-state index is 0.0884. The van der Waals surface area contributed by atoms with E-state index >= 15 is 0 Å². The SMILES string of the molecule is O=C(O)CCNC(=O)OC(Cl)(Cl)Cl. The van der Waals surface area contributed by atoms with E-state index in [2.05, 4.69) is 10.1 Å². The molecule has 1 amide bonds. The molecule has 0 aromatic rings. The van der Waals surface area contributed by atoms with Crippen molar-refractivity contribution in [2.75, 3.05) is 6.54 Å². The van der Waals surface area contributed by atoms with Gasteiger partial charge in [-0.1, -0.05) is 0 Å². The van der Waals surface area contributed by atoms with E-state index in [1.165, 1.54) is 0 Å². The Kier molecular flexibility index (Phi) is 5.20. The minimum atomic E-state index is -2.13. The van der Waals surface area contributed by atoms with E-state index in [1.54, 1.807) is 0 Å². The number of halogens is 3. The second kappa shape index (κ2) is 5.36. The summed E-state index contributed by atoms with van der Waals surface area (Å²) in [6.45, 7) is -0.0884. The highest BCUT2D eigenvalue weighted by Crippen LogP contribution is 2.27. The fraction of sp³-hybridized carbons (Fsp3) is 0.600. The van der Waals surface area contributed by atoms with Crippen LogP contribution in [0.5, 0.6) is 0 Å². The van der Waals surface area contributed by atoms with Crippen LogP contribution < -0.4 is 5.32 Å². The lowest BCUT2D eigenvalue weighted by atomic mass is 10.4. The number of nitrogens with one attached hydrogen (secondary N) is 1. The summed E-state index contributed by atoms with van der Waals surface area (Å²) < 4.78 is 2.04. The van der Waals surface area contributed by atoms with Crippen molar-refractivity contribution < 1.29 is 19.4 Å². The monoisotopic (exact) mass is 249 g/mol. The van der Waals surface area contributed by atoms with E-state index in [0.29, 0.717) is 0 Å². The molecule has 0 bridgehead atoms. The summed E-state index contributed by atoms with van der Waals surface area (Å²) in [5.41, 5.74) is 0. The molecule has 0 fully saturated rings. The number of carboxylic acids is 1. The molecule has 13 heavy (non-hydrogen) atoms. The highest BCUT2D eigenvalue weighted by Gasteiger charge is 2.24. The number of alkyl halides is 3. The molecule has 0 aromatic carbocycles. The van der Waals surface area contributed by atoms with Crippen molar-refractivity contribution in [2.45, 2.75) is 10.4 Å². The van der Waals surface area contributed by atoms with E-state index in [1.807, 2.05) is 0 Å². The topological polar surface area (TPSA) is 75.6 Å². The number of ether oxygens (including phenoxy) is 1. The van der Waals surface area contributed by atoms with E-state index < -0.39 is 16.0 Å². The Bertz CT molecular complexity index is 202. The van der Waals surface area contributed by atoms with Gasteiger partial charge >= 0.3 is 16.0 Å². The van der Waals surface area contributed by atoms with E-state index in [0.717, 1.165) is 0 Å². The lowest BCUT2D eigenvalue weighted by Gasteiger charge is -2.11. The molecule has 8 heteroatoms. The van der Waals surface area contributed by atoms with Crippen molar-refractivity contribution in [3.05, 3.63) is 0 Å². The Labute approximate surface area is 88.9 Å². The van der Waals surface area contributed by atoms with Gasteiger partial charge in [0.05, 0.1) is 6.42 Å². The maximum Gasteiger partial charge on any atom is 0.410 e. The van der Waals surface area contributed by atoms with Crippen LogP contribution in [-0.2, 0) is 9.53 Å². The molecule has 0 saturated heterocycles. The molecule has 0 spiro atoms. The molecular formula is C5H6Cl3NO4. The van der Waals surface area contributed by atoms with Gasteiger partial charge < -0.3 is 15.2 Å².